The van der Waals surface area contributed by atoms with Crippen molar-refractivity contribution in [3.63, 3.8) is 0 Å². The molecule has 0 aliphatic carbocycles. The van der Waals surface area contributed by atoms with Crippen molar-refractivity contribution in [3.8, 4) is 0 Å². The molecule has 112 valence electrons. The van der Waals surface area contributed by atoms with Crippen molar-refractivity contribution in [2.45, 2.75) is 6.42 Å². The molecular formula is C19H15N3O. The fourth-order valence-corrected chi connectivity index (χ4v) is 2.87. The molecule has 0 fully saturated rings. The molecule has 0 atom stereocenters. The lowest BCUT2D eigenvalue weighted by Gasteiger charge is -2.14. The summed E-state index contributed by atoms with van der Waals surface area (Å²) in [5.41, 5.74) is 4.59. The Bertz CT molecular complexity index is 917. The number of amides is 1. The molecule has 0 N–H and O–H groups in total. The van der Waals surface area contributed by atoms with Crippen LogP contribution < -0.4 is 4.90 Å². The van der Waals surface area contributed by atoms with Gasteiger partial charge in [0.1, 0.15) is 0 Å². The Labute approximate surface area is 134 Å². The molecule has 0 unspecified atom stereocenters. The topological polar surface area (TPSA) is 46.1 Å². The predicted molar refractivity (Wildman–Crippen MR) is 91.1 cm³/mol. The summed E-state index contributed by atoms with van der Waals surface area (Å²) in [6, 6.07) is 15.7. The predicted octanol–water partition coefficient (Wildman–Crippen LogP) is 3.23. The molecule has 4 nitrogen and oxygen atoms in total. The van der Waals surface area contributed by atoms with E-state index in [4.69, 9.17) is 0 Å². The van der Waals surface area contributed by atoms with Gasteiger partial charge < -0.3 is 4.90 Å². The Balaban J connectivity index is 1.57. The van der Waals surface area contributed by atoms with Crippen LogP contribution in [0.1, 0.15) is 11.3 Å². The van der Waals surface area contributed by atoms with Crippen LogP contribution in [0.15, 0.2) is 60.8 Å². The minimum absolute atomic E-state index is 0.0232. The van der Waals surface area contributed by atoms with Gasteiger partial charge in [-0.1, -0.05) is 30.3 Å². The van der Waals surface area contributed by atoms with E-state index in [1.807, 2.05) is 42.5 Å². The Hall–Kier alpha value is -3.01. The van der Waals surface area contributed by atoms with Crippen LogP contribution in [-0.2, 0) is 11.2 Å². The molecule has 2 aromatic carbocycles. The normalized spacial score (nSPS) is 13.7. The number of fused-ring (bicyclic) bond motifs is 2. The highest BCUT2D eigenvalue weighted by Crippen LogP contribution is 2.27. The lowest BCUT2D eigenvalue weighted by molar-refractivity contribution is -0.114. The third kappa shape index (κ3) is 2.59. The van der Waals surface area contributed by atoms with E-state index in [1.165, 1.54) is 5.56 Å². The van der Waals surface area contributed by atoms with Crippen LogP contribution in [-0.4, -0.2) is 22.4 Å². The van der Waals surface area contributed by atoms with Gasteiger partial charge in [-0.2, -0.15) is 0 Å². The standard InChI is InChI=1S/C19H15N3O/c23-19(22-12-11-14-5-1-4-8-18(14)22)10-9-15-13-20-16-6-2-3-7-17(16)21-15/h1-10,13H,11-12H2/b10-9+. The number of nitrogens with zero attached hydrogens (tertiary/aromatic N) is 3. The zero-order chi connectivity index (χ0) is 15.6. The Kier molecular flexibility index (Phi) is 3.35. The van der Waals surface area contributed by atoms with Crippen LogP contribution in [0.2, 0.25) is 0 Å². The first kappa shape index (κ1) is 13.6. The highest BCUT2D eigenvalue weighted by atomic mass is 16.2. The second kappa shape index (κ2) is 5.65. The third-order valence-electron chi connectivity index (χ3n) is 4.02. The summed E-state index contributed by atoms with van der Waals surface area (Å²) in [6.45, 7) is 0.728. The first-order valence-corrected chi connectivity index (χ1v) is 7.60. The minimum Gasteiger partial charge on any atom is -0.308 e. The summed E-state index contributed by atoms with van der Waals surface area (Å²) in [5.74, 6) is -0.0232. The molecular weight excluding hydrogens is 286 g/mol. The summed E-state index contributed by atoms with van der Waals surface area (Å²) in [4.78, 5) is 23.1. The van der Waals surface area contributed by atoms with Gasteiger partial charge in [-0.15, -0.1) is 0 Å². The van der Waals surface area contributed by atoms with E-state index in [-0.39, 0.29) is 5.91 Å². The zero-order valence-corrected chi connectivity index (χ0v) is 12.5. The average Bonchev–Trinajstić information content (AvgIpc) is 3.03. The molecule has 0 saturated carbocycles. The van der Waals surface area contributed by atoms with Gasteiger partial charge in [0.05, 0.1) is 22.9 Å². The molecule has 1 aliphatic heterocycles. The molecule has 4 rings (SSSR count). The zero-order valence-electron chi connectivity index (χ0n) is 12.5. The fourth-order valence-electron chi connectivity index (χ4n) is 2.87. The number of anilines is 1. The second-order valence-corrected chi connectivity index (χ2v) is 5.49. The Morgan fingerprint density at radius 2 is 1.83 bits per heavy atom. The van der Waals surface area contributed by atoms with E-state index in [0.29, 0.717) is 5.69 Å². The molecule has 0 saturated heterocycles. The van der Waals surface area contributed by atoms with Crippen molar-refractivity contribution in [2.24, 2.45) is 0 Å². The summed E-state index contributed by atoms with van der Waals surface area (Å²) in [5, 5.41) is 0. The maximum Gasteiger partial charge on any atom is 0.251 e. The quantitative estimate of drug-likeness (QED) is 0.683. The molecule has 1 amide bonds. The van der Waals surface area contributed by atoms with Gasteiger partial charge in [0.2, 0.25) is 0 Å². The van der Waals surface area contributed by atoms with E-state index in [0.717, 1.165) is 29.7 Å². The molecule has 23 heavy (non-hydrogen) atoms. The van der Waals surface area contributed by atoms with Gasteiger partial charge >= 0.3 is 0 Å². The van der Waals surface area contributed by atoms with Crippen LogP contribution in [0.3, 0.4) is 0 Å². The number of benzene rings is 2. The first-order chi connectivity index (χ1) is 11.3. The van der Waals surface area contributed by atoms with Crippen LogP contribution >= 0.6 is 0 Å². The average molecular weight is 301 g/mol. The maximum absolute atomic E-state index is 12.4. The molecule has 3 aromatic rings. The number of rotatable bonds is 2. The highest BCUT2D eigenvalue weighted by molar-refractivity contribution is 6.05. The molecule has 2 heterocycles. The lowest BCUT2D eigenvalue weighted by atomic mass is 10.2. The monoisotopic (exact) mass is 301 g/mol. The van der Waals surface area contributed by atoms with Gasteiger partial charge in [-0.3, -0.25) is 9.78 Å². The van der Waals surface area contributed by atoms with E-state index in [2.05, 4.69) is 16.0 Å². The fraction of sp³-hybridized carbons (Fsp3) is 0.105. The number of carbonyl (C=O) groups excluding carboxylic acids is 1. The van der Waals surface area contributed by atoms with Crippen molar-refractivity contribution in [3.05, 3.63) is 72.1 Å². The number of aromatic nitrogens is 2. The molecule has 0 spiro atoms. The van der Waals surface area contributed by atoms with Crippen molar-refractivity contribution in [1.82, 2.24) is 9.97 Å². The van der Waals surface area contributed by atoms with E-state index in [9.17, 15) is 4.79 Å². The van der Waals surface area contributed by atoms with E-state index >= 15 is 0 Å². The molecule has 0 radical (unpaired) electrons. The number of para-hydroxylation sites is 3. The van der Waals surface area contributed by atoms with Crippen molar-refractivity contribution in [1.29, 1.82) is 0 Å². The van der Waals surface area contributed by atoms with Gasteiger partial charge in [0.15, 0.2) is 0 Å². The van der Waals surface area contributed by atoms with Crippen molar-refractivity contribution >= 4 is 28.7 Å². The van der Waals surface area contributed by atoms with Crippen LogP contribution in [0.5, 0.6) is 0 Å². The van der Waals surface area contributed by atoms with Gasteiger partial charge in [0, 0.05) is 18.3 Å². The smallest absolute Gasteiger partial charge is 0.251 e. The minimum atomic E-state index is -0.0232. The Morgan fingerprint density at radius 3 is 2.74 bits per heavy atom. The molecule has 0 bridgehead atoms. The van der Waals surface area contributed by atoms with E-state index in [1.54, 1.807) is 23.2 Å². The summed E-state index contributed by atoms with van der Waals surface area (Å²) in [6.07, 6.45) is 5.89. The maximum atomic E-state index is 12.4. The Morgan fingerprint density at radius 1 is 1.04 bits per heavy atom. The van der Waals surface area contributed by atoms with E-state index < -0.39 is 0 Å². The molecule has 4 heteroatoms. The second-order valence-electron chi connectivity index (χ2n) is 5.49. The summed E-state index contributed by atoms with van der Waals surface area (Å²) >= 11 is 0. The number of carbonyl (C=O) groups is 1. The lowest BCUT2D eigenvalue weighted by Crippen LogP contribution is -2.26. The molecule has 1 aliphatic rings. The number of hydrogen-bond acceptors (Lipinski definition) is 3. The van der Waals surface area contributed by atoms with Crippen LogP contribution in [0.25, 0.3) is 17.1 Å². The molecule has 1 aromatic heterocycles. The summed E-state index contributed by atoms with van der Waals surface area (Å²) in [7, 11) is 0. The van der Waals surface area contributed by atoms with Crippen molar-refractivity contribution in [2.75, 3.05) is 11.4 Å². The number of hydrogen-bond donors (Lipinski definition) is 0. The van der Waals surface area contributed by atoms with Crippen LogP contribution in [0.4, 0.5) is 5.69 Å². The highest BCUT2D eigenvalue weighted by Gasteiger charge is 2.22. The first-order valence-electron chi connectivity index (χ1n) is 7.60. The van der Waals surface area contributed by atoms with Crippen LogP contribution in [0, 0.1) is 0 Å². The summed E-state index contributed by atoms with van der Waals surface area (Å²) < 4.78 is 0. The SMILES string of the molecule is O=C(/C=C/c1cnc2ccccc2n1)N1CCc2ccccc21. The van der Waals surface area contributed by atoms with Gasteiger partial charge in [-0.25, -0.2) is 4.98 Å². The van der Waals surface area contributed by atoms with Crippen molar-refractivity contribution < 1.29 is 4.79 Å². The largest absolute Gasteiger partial charge is 0.308 e. The van der Waals surface area contributed by atoms with Gasteiger partial charge in [0.25, 0.3) is 5.91 Å². The third-order valence-corrected chi connectivity index (χ3v) is 4.02. The van der Waals surface area contributed by atoms with Gasteiger partial charge in [-0.05, 0) is 36.3 Å².